The van der Waals surface area contributed by atoms with Gasteiger partial charge in [0.15, 0.2) is 0 Å². The van der Waals surface area contributed by atoms with Crippen molar-refractivity contribution < 1.29 is 116 Å². The lowest BCUT2D eigenvalue weighted by Crippen LogP contribution is -2.63. The molecule has 0 aliphatic rings. The van der Waals surface area contributed by atoms with E-state index in [2.05, 4.69) is 101 Å². The highest BCUT2D eigenvalue weighted by atomic mass is 16.4. The predicted octanol–water partition coefficient (Wildman–Crippen LogP) is -4.26. The summed E-state index contributed by atoms with van der Waals surface area (Å²) >= 11 is 0. The molecule has 134 heavy (non-hydrogen) atoms. The van der Waals surface area contributed by atoms with E-state index >= 15 is 0 Å². The summed E-state index contributed by atoms with van der Waals surface area (Å²) in [6, 6.07) is -26.0. The zero-order valence-electron chi connectivity index (χ0n) is 83.1. The third-order valence-corrected chi connectivity index (χ3v) is 22.6. The molecule has 23 atom stereocenters. The van der Waals surface area contributed by atoms with Crippen molar-refractivity contribution in [2.45, 2.75) is 359 Å². The number of hydrogen-bond acceptors (Lipinski definition) is 25. The minimum absolute atomic E-state index is 0.00367. The van der Waals surface area contributed by atoms with Crippen LogP contribution in [-0.4, -0.2) is 286 Å². The minimum atomic E-state index is -1.72. The van der Waals surface area contributed by atoms with Crippen LogP contribution in [0.15, 0.2) is 0 Å². The zero-order valence-corrected chi connectivity index (χ0v) is 83.1. The fourth-order valence-corrected chi connectivity index (χ4v) is 13.4. The number of carboxylic acids is 1. The van der Waals surface area contributed by atoms with Crippen molar-refractivity contribution in [1.29, 1.82) is 0 Å². The molecule has 0 saturated heterocycles. The van der Waals surface area contributed by atoms with Gasteiger partial charge >= 0.3 is 5.97 Å². The summed E-state index contributed by atoms with van der Waals surface area (Å²) in [5, 5.41) is 88.3. The maximum Gasteiger partial charge on any atom is 0.325 e. The second kappa shape index (κ2) is 61.2. The van der Waals surface area contributed by atoms with Crippen LogP contribution in [0.4, 0.5) is 0 Å². The molecule has 19 amide bonds. The Morgan fingerprint density at radius 2 is 0.522 bits per heavy atom. The van der Waals surface area contributed by atoms with Crippen LogP contribution in [0.1, 0.15) is 238 Å². The molecule has 0 fully saturated rings. The van der Waals surface area contributed by atoms with Gasteiger partial charge in [-0.1, -0.05) is 158 Å². The number of nitrogens with two attached hydrogens (primary N) is 2. The first kappa shape index (κ1) is 123. The number of aliphatic carboxylic acids is 1. The average Bonchev–Trinajstić information content (AvgIpc) is 0.844. The van der Waals surface area contributed by atoms with Gasteiger partial charge < -0.3 is 133 Å². The molecule has 0 aliphatic heterocycles. The van der Waals surface area contributed by atoms with Crippen molar-refractivity contribution in [2.75, 3.05) is 26.3 Å². The van der Waals surface area contributed by atoms with Gasteiger partial charge in [-0.05, 0) is 146 Å². The summed E-state index contributed by atoms with van der Waals surface area (Å²) in [6.45, 7) is 38.8. The number of carbonyl (C=O) groups excluding carboxylic acids is 19. The van der Waals surface area contributed by atoms with E-state index in [9.17, 15) is 111 Å². The maximum atomic E-state index is 14.6. The Morgan fingerprint density at radius 1 is 0.269 bits per heavy atom. The molecule has 27 N–H and O–H groups in total. The molecule has 0 aliphatic carbocycles. The molecule has 0 unspecified atom stereocenters. The number of carboxylic acid groups (broad SMARTS) is 1. The zero-order chi connectivity index (χ0) is 103. The van der Waals surface area contributed by atoms with E-state index in [4.69, 9.17) is 16.6 Å². The van der Waals surface area contributed by atoms with E-state index in [0.717, 1.165) is 0 Å². The summed E-state index contributed by atoms with van der Waals surface area (Å²) in [4.78, 5) is 274. The van der Waals surface area contributed by atoms with Gasteiger partial charge in [0.25, 0.3) is 0 Å². The number of aliphatic hydroxyl groups excluding tert-OH is 3. The highest BCUT2D eigenvalue weighted by Crippen LogP contribution is 2.19. The van der Waals surface area contributed by atoms with Crippen molar-refractivity contribution in [3.8, 4) is 0 Å². The Morgan fingerprint density at radius 3 is 0.836 bits per heavy atom. The van der Waals surface area contributed by atoms with Gasteiger partial charge in [-0.3, -0.25) is 95.9 Å². The lowest BCUT2D eigenvalue weighted by atomic mass is 9.93. The van der Waals surface area contributed by atoms with Crippen LogP contribution >= 0.6 is 0 Å². The van der Waals surface area contributed by atoms with Crippen molar-refractivity contribution in [1.82, 2.24) is 101 Å². The molecular formula is C89H161N21O24. The monoisotopic (exact) mass is 1910 g/mol. The van der Waals surface area contributed by atoms with Crippen LogP contribution in [0.5, 0.6) is 0 Å². The SMILES string of the molecule is CC[C@H](C)[C@H](NC(=O)[C@H](CCCCN)NC(=O)CNC(=O)[C@H](CC(C)C)NC(=O)[C@H](CO)NC(=O)[C@H](CC(C)C)NC(=O)[C@H](CO)NC(=O)[C@@H](N)CC(C)C)C(=O)N[C@H](C(=O)N[C@H](C(=O)N[C@@H](C)C(=O)N[C@H](C(=O)N[C@H](C(=O)N[C@H](C(=O)N[C@@H](C)C(=O)N[C@H](C(=O)N[C@@H](C)C(=O)N[C@H](C(=O)N[C@@H](C)C(=O)N[C@@H](C)C(=O)O)C(C)C)[C@@H](C)O)[C@@H](C)CC)C(C)C)C(C)C)C(C)C)[C@@H](C)CC. The van der Waals surface area contributed by atoms with Crippen molar-refractivity contribution >= 4 is 118 Å². The van der Waals surface area contributed by atoms with Gasteiger partial charge in [-0.2, -0.15) is 0 Å². The normalized spacial score (nSPS) is 16.7. The van der Waals surface area contributed by atoms with E-state index < -0.39 is 300 Å². The predicted molar refractivity (Wildman–Crippen MR) is 497 cm³/mol. The van der Waals surface area contributed by atoms with Crippen LogP contribution in [0.2, 0.25) is 0 Å². The van der Waals surface area contributed by atoms with Crippen molar-refractivity contribution in [2.24, 2.45) is 70.6 Å². The Kier molecular flexibility index (Phi) is 56.3. The van der Waals surface area contributed by atoms with Crippen LogP contribution in [0.3, 0.4) is 0 Å². The standard InChI is InChI=1S/C89H161N21O24/c1-27-47(18)67(85(129)95-53(24)74(118)110-70(55(26)113)88(132)96-52(23)73(117)103-63(43(10)11)81(125)93-50(21)71(115)97-54(25)89(133)134)108-84(128)66(46(16)17)105-83(127)65(45(14)15)104-72(116)51(22)94-82(126)64(44(12)13)106-86(130)69(49(20)29-3)109-87(131)68(48(19)28-2)107-77(121)57(32-30-31-33-90)98-62(114)37-92-76(120)58(35-41(6)7)99-80(124)61(39-112)102-78(122)59(36-42(8)9)100-79(123)60(38-111)101-75(119)56(91)34-40(4)5/h40-61,63-70,111-113H,27-39,90-91H2,1-26H3,(H,92,120)(H,93,125)(H,94,126)(H,95,129)(H,96,132)(H,97,115)(H,98,114)(H,99,124)(H,100,123)(H,101,119)(H,102,122)(H,103,117)(H,104,116)(H,105,127)(H,106,130)(H,107,121)(H,108,128)(H,109,131)(H,110,118)(H,133,134)/t47-,48-,49-,50-,51-,52-,53-,54-,55+,56-,57-,58-,59-,60-,61-,63-,64-,65-,66-,67-,68-,69-,70-/m0/s1. The molecule has 0 aromatic heterocycles. The number of amides is 19. The quantitative estimate of drug-likeness (QED) is 0.0256. The molecule has 0 radical (unpaired) electrons. The first-order valence-electron chi connectivity index (χ1n) is 46.5. The van der Waals surface area contributed by atoms with Crippen LogP contribution in [0, 0.1) is 59.2 Å². The summed E-state index contributed by atoms with van der Waals surface area (Å²) in [7, 11) is 0. The van der Waals surface area contributed by atoms with Gasteiger partial charge in [0.2, 0.25) is 112 Å². The van der Waals surface area contributed by atoms with Gasteiger partial charge in [0.1, 0.15) is 109 Å². The number of unbranched alkanes of at least 4 members (excludes halogenated alkanes) is 1. The number of rotatable bonds is 62. The van der Waals surface area contributed by atoms with Gasteiger partial charge in [0.05, 0.1) is 31.9 Å². The topological polar surface area (TPSA) is 703 Å². The van der Waals surface area contributed by atoms with Crippen LogP contribution < -0.4 is 112 Å². The highest BCUT2D eigenvalue weighted by molar-refractivity contribution is 6.02. The van der Waals surface area contributed by atoms with E-state index in [-0.39, 0.29) is 50.0 Å². The Bertz CT molecular complexity index is 3900. The number of aliphatic hydroxyl groups is 3. The lowest BCUT2D eigenvalue weighted by Gasteiger charge is -2.32. The third-order valence-electron chi connectivity index (χ3n) is 22.6. The fourth-order valence-electron chi connectivity index (χ4n) is 13.4. The van der Waals surface area contributed by atoms with Crippen LogP contribution in [0.25, 0.3) is 0 Å². The molecule has 0 heterocycles. The van der Waals surface area contributed by atoms with E-state index in [1.165, 1.54) is 41.5 Å². The summed E-state index contributed by atoms with van der Waals surface area (Å²) < 4.78 is 0. The van der Waals surface area contributed by atoms with Gasteiger partial charge in [0, 0.05) is 0 Å². The fraction of sp³-hybridized carbons (Fsp3) is 0.775. The number of nitrogens with one attached hydrogen (secondary N) is 19. The average molecular weight is 1910 g/mol. The Balaban J connectivity index is 6.55. The Labute approximate surface area is 787 Å². The molecule has 0 saturated carbocycles. The summed E-state index contributed by atoms with van der Waals surface area (Å²) in [6.07, 6.45) is 0.295. The number of hydrogen-bond donors (Lipinski definition) is 25. The lowest BCUT2D eigenvalue weighted by molar-refractivity contribution is -0.141. The highest BCUT2D eigenvalue weighted by Gasteiger charge is 2.42. The number of carbonyl (C=O) groups is 20. The van der Waals surface area contributed by atoms with Crippen molar-refractivity contribution in [3.63, 3.8) is 0 Å². The first-order valence-corrected chi connectivity index (χ1v) is 46.5. The summed E-state index contributed by atoms with van der Waals surface area (Å²) in [5.74, 6) is -22.7. The molecule has 0 aromatic rings. The smallest absolute Gasteiger partial charge is 0.325 e. The third kappa shape index (κ3) is 43.3. The second-order valence-electron chi connectivity index (χ2n) is 37.5. The molecule has 766 valence electrons. The maximum absolute atomic E-state index is 14.6. The minimum Gasteiger partial charge on any atom is -0.480 e. The Hall–Kier alpha value is -10.8. The molecule has 0 spiro atoms. The van der Waals surface area contributed by atoms with E-state index in [1.807, 2.05) is 13.8 Å². The first-order chi connectivity index (χ1) is 62.2. The van der Waals surface area contributed by atoms with Crippen LogP contribution in [-0.2, 0) is 95.9 Å². The molecular weight excluding hydrogens is 1750 g/mol. The van der Waals surface area contributed by atoms with E-state index in [1.54, 1.807) is 125 Å². The molecule has 0 aromatic carbocycles. The molecule has 45 heteroatoms. The van der Waals surface area contributed by atoms with Gasteiger partial charge in [-0.15, -0.1) is 0 Å². The molecule has 0 rings (SSSR count). The molecule has 0 bridgehead atoms. The largest absolute Gasteiger partial charge is 0.480 e. The summed E-state index contributed by atoms with van der Waals surface area (Å²) in [5.41, 5.74) is 11.8. The molecule has 45 nitrogen and oxygen atoms in total. The second-order valence-corrected chi connectivity index (χ2v) is 37.5. The van der Waals surface area contributed by atoms with Gasteiger partial charge in [-0.25, -0.2) is 0 Å². The van der Waals surface area contributed by atoms with E-state index in [0.29, 0.717) is 32.1 Å². The van der Waals surface area contributed by atoms with Crippen molar-refractivity contribution in [3.05, 3.63) is 0 Å².